The van der Waals surface area contributed by atoms with Gasteiger partial charge in [0.25, 0.3) is 0 Å². The summed E-state index contributed by atoms with van der Waals surface area (Å²) in [5, 5.41) is 3.20. The van der Waals surface area contributed by atoms with E-state index in [1.54, 1.807) is 23.9 Å². The Hall–Kier alpha value is -1.75. The van der Waals surface area contributed by atoms with Gasteiger partial charge in [-0.15, -0.1) is 0 Å². The zero-order chi connectivity index (χ0) is 18.9. The number of nitrogens with one attached hydrogen (secondary N) is 1. The minimum Gasteiger partial charge on any atom is -0.337 e. The molecule has 1 N–H and O–H groups in total. The summed E-state index contributed by atoms with van der Waals surface area (Å²) in [4.78, 5) is 4.49. The average molecular weight is 399 g/mol. The van der Waals surface area contributed by atoms with Crippen LogP contribution < -0.4 is 5.32 Å². The highest BCUT2D eigenvalue weighted by Gasteiger charge is 2.36. The molecule has 0 bridgehead atoms. The summed E-state index contributed by atoms with van der Waals surface area (Å²) in [6.45, 7) is 2.88. The van der Waals surface area contributed by atoms with E-state index in [4.69, 9.17) is 0 Å². The first-order valence-electron chi connectivity index (χ1n) is 8.30. The number of sulfonamides is 1. The SMILES string of the molecule is CCS(=O)(=O)c1ccc(S(=O)(=O)N2CCNCC2c2nccn2C)cc1. The number of benzene rings is 1. The van der Waals surface area contributed by atoms with Gasteiger partial charge in [0.2, 0.25) is 10.0 Å². The molecule has 3 rings (SSSR count). The highest BCUT2D eigenvalue weighted by Crippen LogP contribution is 2.28. The van der Waals surface area contributed by atoms with Gasteiger partial charge in [-0.25, -0.2) is 21.8 Å². The van der Waals surface area contributed by atoms with Crippen molar-refractivity contribution in [1.29, 1.82) is 0 Å². The molecule has 2 aromatic rings. The number of sulfone groups is 1. The zero-order valence-corrected chi connectivity index (χ0v) is 16.3. The molecule has 0 radical (unpaired) electrons. The first-order chi connectivity index (χ1) is 12.3. The van der Waals surface area contributed by atoms with Crippen LogP contribution in [-0.2, 0) is 26.9 Å². The highest BCUT2D eigenvalue weighted by molar-refractivity contribution is 7.91. The monoisotopic (exact) mass is 398 g/mol. The summed E-state index contributed by atoms with van der Waals surface area (Å²) < 4.78 is 53.4. The van der Waals surface area contributed by atoms with Crippen molar-refractivity contribution in [3.63, 3.8) is 0 Å². The van der Waals surface area contributed by atoms with E-state index in [0.717, 1.165) is 0 Å². The highest BCUT2D eigenvalue weighted by atomic mass is 32.2. The number of aryl methyl sites for hydroxylation is 1. The zero-order valence-electron chi connectivity index (χ0n) is 14.7. The van der Waals surface area contributed by atoms with E-state index >= 15 is 0 Å². The fourth-order valence-electron chi connectivity index (χ4n) is 3.01. The topological polar surface area (TPSA) is 101 Å². The molecular weight excluding hydrogens is 376 g/mol. The normalized spacial score (nSPS) is 19.5. The molecule has 0 amide bonds. The Morgan fingerprint density at radius 1 is 1.15 bits per heavy atom. The molecule has 0 aliphatic carbocycles. The fraction of sp³-hybridized carbons (Fsp3) is 0.438. The number of nitrogens with zero attached hydrogens (tertiary/aromatic N) is 3. The molecule has 1 aromatic heterocycles. The Morgan fingerprint density at radius 2 is 1.81 bits per heavy atom. The standard InChI is InChI=1S/C16H22N4O4S2/c1-3-25(21,22)13-4-6-14(7-5-13)26(23,24)20-11-8-17-12-15(20)16-18-9-10-19(16)2/h4-7,9-10,15,17H,3,8,11-12H2,1-2H3. The first kappa shape index (κ1) is 19.0. The van der Waals surface area contributed by atoms with Crippen molar-refractivity contribution in [3.8, 4) is 0 Å². The summed E-state index contributed by atoms with van der Waals surface area (Å²) in [7, 11) is -5.32. The molecule has 0 saturated carbocycles. The van der Waals surface area contributed by atoms with Gasteiger partial charge < -0.3 is 9.88 Å². The van der Waals surface area contributed by atoms with E-state index in [9.17, 15) is 16.8 Å². The summed E-state index contributed by atoms with van der Waals surface area (Å²) in [5.74, 6) is 0.629. The Labute approximate surface area is 153 Å². The number of rotatable bonds is 5. The Kier molecular flexibility index (Phi) is 5.20. The number of imidazole rings is 1. The smallest absolute Gasteiger partial charge is 0.243 e. The first-order valence-corrected chi connectivity index (χ1v) is 11.4. The van der Waals surface area contributed by atoms with E-state index in [0.29, 0.717) is 25.5 Å². The molecule has 1 aliphatic heterocycles. The Bertz CT molecular complexity index is 982. The molecule has 10 heteroatoms. The second-order valence-corrected chi connectivity index (χ2v) is 10.3. The number of hydrogen-bond acceptors (Lipinski definition) is 6. The van der Waals surface area contributed by atoms with Crippen LogP contribution in [0, 0.1) is 0 Å². The number of aromatic nitrogens is 2. The van der Waals surface area contributed by atoms with Crippen molar-refractivity contribution < 1.29 is 16.8 Å². The van der Waals surface area contributed by atoms with Crippen LogP contribution in [0.1, 0.15) is 18.8 Å². The molecule has 1 fully saturated rings. The lowest BCUT2D eigenvalue weighted by Crippen LogP contribution is -2.49. The van der Waals surface area contributed by atoms with Crippen LogP contribution in [0.5, 0.6) is 0 Å². The Morgan fingerprint density at radius 3 is 2.38 bits per heavy atom. The molecule has 26 heavy (non-hydrogen) atoms. The largest absolute Gasteiger partial charge is 0.337 e. The summed E-state index contributed by atoms with van der Waals surface area (Å²) in [5.41, 5.74) is 0. The number of piperazine rings is 1. The minimum atomic E-state index is -3.78. The lowest BCUT2D eigenvalue weighted by atomic mass is 10.2. The van der Waals surface area contributed by atoms with Crippen molar-refractivity contribution in [1.82, 2.24) is 19.2 Å². The van der Waals surface area contributed by atoms with E-state index in [1.165, 1.54) is 28.6 Å². The van der Waals surface area contributed by atoms with Crippen LogP contribution in [0.15, 0.2) is 46.5 Å². The van der Waals surface area contributed by atoms with Crippen LogP contribution in [-0.4, -0.2) is 56.1 Å². The summed E-state index contributed by atoms with van der Waals surface area (Å²) in [6, 6.07) is 4.99. The quantitative estimate of drug-likeness (QED) is 0.789. The summed E-state index contributed by atoms with van der Waals surface area (Å²) >= 11 is 0. The van der Waals surface area contributed by atoms with Gasteiger partial charge in [0.15, 0.2) is 9.84 Å². The van der Waals surface area contributed by atoms with Gasteiger partial charge in [-0.05, 0) is 24.3 Å². The van der Waals surface area contributed by atoms with E-state index < -0.39 is 25.9 Å². The lowest BCUT2D eigenvalue weighted by molar-refractivity contribution is 0.258. The predicted octanol–water partition coefficient (Wildman–Crippen LogP) is 0.549. The third kappa shape index (κ3) is 3.41. The van der Waals surface area contributed by atoms with Crippen molar-refractivity contribution in [3.05, 3.63) is 42.5 Å². The van der Waals surface area contributed by atoms with E-state index in [1.807, 2.05) is 7.05 Å². The van der Waals surface area contributed by atoms with Gasteiger partial charge in [0, 0.05) is 39.1 Å². The van der Waals surface area contributed by atoms with Gasteiger partial charge in [-0.2, -0.15) is 4.31 Å². The molecule has 1 saturated heterocycles. The second-order valence-electron chi connectivity index (χ2n) is 6.11. The predicted molar refractivity (Wildman–Crippen MR) is 96.9 cm³/mol. The van der Waals surface area contributed by atoms with Gasteiger partial charge in [0.05, 0.1) is 21.6 Å². The maximum Gasteiger partial charge on any atom is 0.243 e. The Balaban J connectivity index is 1.97. The number of hydrogen-bond donors (Lipinski definition) is 1. The van der Waals surface area contributed by atoms with Crippen LogP contribution in [0.3, 0.4) is 0 Å². The van der Waals surface area contributed by atoms with Gasteiger partial charge >= 0.3 is 0 Å². The molecule has 1 aromatic carbocycles. The maximum absolute atomic E-state index is 13.1. The molecule has 0 spiro atoms. The van der Waals surface area contributed by atoms with Crippen molar-refractivity contribution in [2.45, 2.75) is 22.8 Å². The van der Waals surface area contributed by atoms with E-state index in [-0.39, 0.29) is 15.5 Å². The van der Waals surface area contributed by atoms with Gasteiger partial charge in [-0.1, -0.05) is 6.92 Å². The average Bonchev–Trinajstić information content (AvgIpc) is 3.07. The lowest BCUT2D eigenvalue weighted by Gasteiger charge is -2.34. The molecule has 1 atom stereocenters. The van der Waals surface area contributed by atoms with Crippen LogP contribution in [0.25, 0.3) is 0 Å². The summed E-state index contributed by atoms with van der Waals surface area (Å²) in [6.07, 6.45) is 3.41. The third-order valence-electron chi connectivity index (χ3n) is 4.52. The fourth-order valence-corrected chi connectivity index (χ4v) is 5.48. The van der Waals surface area contributed by atoms with Gasteiger partial charge in [-0.3, -0.25) is 0 Å². The molecule has 2 heterocycles. The maximum atomic E-state index is 13.1. The molecule has 1 unspecified atom stereocenters. The molecule has 1 aliphatic rings. The molecular formula is C16H22N4O4S2. The van der Waals surface area contributed by atoms with Crippen LogP contribution in [0.4, 0.5) is 0 Å². The minimum absolute atomic E-state index is 0.0296. The molecule has 142 valence electrons. The van der Waals surface area contributed by atoms with Crippen LogP contribution in [0.2, 0.25) is 0 Å². The van der Waals surface area contributed by atoms with Crippen molar-refractivity contribution >= 4 is 19.9 Å². The third-order valence-corrected chi connectivity index (χ3v) is 8.19. The van der Waals surface area contributed by atoms with Crippen molar-refractivity contribution in [2.24, 2.45) is 7.05 Å². The molecule has 8 nitrogen and oxygen atoms in total. The second kappa shape index (κ2) is 7.10. The van der Waals surface area contributed by atoms with Crippen LogP contribution >= 0.6 is 0 Å². The van der Waals surface area contributed by atoms with E-state index in [2.05, 4.69) is 10.3 Å². The van der Waals surface area contributed by atoms with Gasteiger partial charge in [0.1, 0.15) is 5.82 Å². The van der Waals surface area contributed by atoms with Crippen molar-refractivity contribution in [2.75, 3.05) is 25.4 Å².